The Morgan fingerprint density at radius 1 is 1.20 bits per heavy atom. The van der Waals surface area contributed by atoms with Crippen molar-refractivity contribution in [2.75, 3.05) is 34.4 Å². The van der Waals surface area contributed by atoms with Gasteiger partial charge in [0.15, 0.2) is 0 Å². The van der Waals surface area contributed by atoms with Gasteiger partial charge in [-0.15, -0.1) is 0 Å². The van der Waals surface area contributed by atoms with E-state index in [1.54, 1.807) is 14.2 Å². The maximum absolute atomic E-state index is 11.3. The molecule has 0 aromatic carbocycles. The Bertz CT molecular complexity index is 209. The number of carbonyl (C=O) groups excluding carboxylic acids is 1. The second kappa shape index (κ2) is 5.44. The van der Waals surface area contributed by atoms with E-state index in [0.717, 1.165) is 0 Å². The van der Waals surface area contributed by atoms with Crippen molar-refractivity contribution < 1.29 is 19.0 Å². The van der Waals surface area contributed by atoms with Crippen molar-refractivity contribution in [2.24, 2.45) is 0 Å². The maximum atomic E-state index is 11.3. The van der Waals surface area contributed by atoms with Crippen LogP contribution in [0.5, 0.6) is 0 Å². The minimum atomic E-state index is -0.243. The highest BCUT2D eigenvalue weighted by Crippen LogP contribution is 2.18. The van der Waals surface area contributed by atoms with Gasteiger partial charge in [0.2, 0.25) is 0 Å². The molecule has 0 bridgehead atoms. The van der Waals surface area contributed by atoms with Crippen molar-refractivity contribution in [3.8, 4) is 0 Å². The summed E-state index contributed by atoms with van der Waals surface area (Å²) in [5, 5.41) is 0. The fraction of sp³-hybridized carbons (Fsp3) is 0.900. The number of likely N-dealkylation sites (tertiary alicyclic amines) is 1. The molecule has 1 fully saturated rings. The summed E-state index contributed by atoms with van der Waals surface area (Å²) < 4.78 is 15.3. The molecule has 5 nitrogen and oxygen atoms in total. The second-order valence-corrected chi connectivity index (χ2v) is 3.70. The first-order valence-corrected chi connectivity index (χ1v) is 5.01. The van der Waals surface area contributed by atoms with E-state index in [1.807, 2.05) is 11.8 Å². The number of hydrogen-bond acceptors (Lipinski definition) is 5. The summed E-state index contributed by atoms with van der Waals surface area (Å²) in [6.45, 7) is 3.23. The Morgan fingerprint density at radius 3 is 2.00 bits per heavy atom. The van der Waals surface area contributed by atoms with Crippen LogP contribution in [0.4, 0.5) is 0 Å². The number of hydrogen-bond donors (Lipinski definition) is 0. The van der Waals surface area contributed by atoms with Crippen LogP contribution in [-0.2, 0) is 19.0 Å². The topological polar surface area (TPSA) is 48.0 Å². The molecule has 1 aliphatic heterocycles. The van der Waals surface area contributed by atoms with Gasteiger partial charge in [-0.2, -0.15) is 0 Å². The molecule has 88 valence electrons. The summed E-state index contributed by atoms with van der Waals surface area (Å²) in [7, 11) is 4.71. The van der Waals surface area contributed by atoms with Crippen LogP contribution in [0.3, 0.4) is 0 Å². The zero-order valence-electron chi connectivity index (χ0n) is 9.73. The normalized spacial score (nSPS) is 29.1. The Hall–Kier alpha value is -0.650. The van der Waals surface area contributed by atoms with Crippen molar-refractivity contribution in [2.45, 2.75) is 25.2 Å². The van der Waals surface area contributed by atoms with Gasteiger partial charge in [-0.25, -0.2) is 0 Å². The molecule has 0 aliphatic carbocycles. The van der Waals surface area contributed by atoms with Crippen molar-refractivity contribution in [1.82, 2.24) is 4.90 Å². The van der Waals surface area contributed by atoms with Gasteiger partial charge in [0.05, 0.1) is 19.3 Å². The first-order valence-electron chi connectivity index (χ1n) is 5.01. The second-order valence-electron chi connectivity index (χ2n) is 3.70. The molecule has 1 aliphatic rings. The molecule has 0 spiro atoms. The average Bonchev–Trinajstić information content (AvgIpc) is 2.69. The molecule has 0 amide bonds. The van der Waals surface area contributed by atoms with Crippen LogP contribution in [0.25, 0.3) is 0 Å². The fourth-order valence-electron chi connectivity index (χ4n) is 1.86. The summed E-state index contributed by atoms with van der Waals surface area (Å²) in [6.07, 6.45) is 0.0595. The molecule has 1 saturated heterocycles. The Labute approximate surface area is 90.3 Å². The minimum Gasteiger partial charge on any atom is -0.468 e. The lowest BCUT2D eigenvalue weighted by Gasteiger charge is -2.21. The molecular weight excluding hydrogens is 198 g/mol. The minimum absolute atomic E-state index is 0.0297. The Morgan fingerprint density at radius 2 is 1.67 bits per heavy atom. The highest BCUT2D eigenvalue weighted by Gasteiger charge is 2.37. The fourth-order valence-corrected chi connectivity index (χ4v) is 1.86. The molecule has 3 atom stereocenters. The van der Waals surface area contributed by atoms with E-state index in [1.165, 1.54) is 7.11 Å². The number of nitrogens with zero attached hydrogens (tertiary/aromatic N) is 1. The van der Waals surface area contributed by atoms with Gasteiger partial charge >= 0.3 is 5.97 Å². The summed E-state index contributed by atoms with van der Waals surface area (Å²) in [5.41, 5.74) is 0. The van der Waals surface area contributed by atoms with Gasteiger partial charge in [0.1, 0.15) is 6.04 Å². The number of rotatable bonds is 4. The van der Waals surface area contributed by atoms with E-state index in [9.17, 15) is 4.79 Å². The Kier molecular flexibility index (Phi) is 4.50. The third-order valence-electron chi connectivity index (χ3n) is 2.94. The van der Waals surface area contributed by atoms with Crippen LogP contribution >= 0.6 is 0 Å². The van der Waals surface area contributed by atoms with Crippen LogP contribution < -0.4 is 0 Å². The number of carbonyl (C=O) groups is 1. The van der Waals surface area contributed by atoms with Crippen molar-refractivity contribution in [3.63, 3.8) is 0 Å². The predicted octanol–water partition coefficient (Wildman–Crippen LogP) is -0.106. The van der Waals surface area contributed by atoms with E-state index >= 15 is 0 Å². The van der Waals surface area contributed by atoms with Gasteiger partial charge in [-0.1, -0.05) is 0 Å². The quantitative estimate of drug-likeness (QED) is 0.615. The lowest BCUT2D eigenvalue weighted by molar-refractivity contribution is -0.146. The van der Waals surface area contributed by atoms with Crippen molar-refractivity contribution in [1.29, 1.82) is 0 Å². The predicted molar refractivity (Wildman–Crippen MR) is 54.6 cm³/mol. The first kappa shape index (κ1) is 12.4. The molecule has 0 aromatic rings. The average molecular weight is 217 g/mol. The molecule has 1 rings (SSSR count). The van der Waals surface area contributed by atoms with Crippen LogP contribution in [0.1, 0.15) is 6.92 Å². The zero-order chi connectivity index (χ0) is 11.4. The van der Waals surface area contributed by atoms with Gasteiger partial charge < -0.3 is 14.2 Å². The first-order chi connectivity index (χ1) is 7.13. The molecule has 5 heteroatoms. The van der Waals surface area contributed by atoms with E-state index in [2.05, 4.69) is 0 Å². The van der Waals surface area contributed by atoms with Crippen molar-refractivity contribution >= 4 is 5.97 Å². The molecule has 0 unspecified atom stereocenters. The molecular formula is C10H19NO4. The highest BCUT2D eigenvalue weighted by molar-refractivity contribution is 5.75. The van der Waals surface area contributed by atoms with Gasteiger partial charge in [0.25, 0.3) is 0 Å². The summed E-state index contributed by atoms with van der Waals surface area (Å²) in [4.78, 5) is 13.4. The molecule has 0 saturated carbocycles. The molecule has 0 N–H and O–H groups in total. The molecule has 0 radical (unpaired) electrons. The summed E-state index contributed by atoms with van der Waals surface area (Å²) in [6, 6.07) is -0.243. The standard InChI is InChI=1S/C10H19NO4/c1-7(10(12)15-4)11-5-8(13-2)9(6-11)14-3/h7-9H,5-6H2,1-4H3/t7-,8+,9+/m0/s1. The van der Waals surface area contributed by atoms with E-state index in [0.29, 0.717) is 13.1 Å². The highest BCUT2D eigenvalue weighted by atomic mass is 16.5. The summed E-state index contributed by atoms with van der Waals surface area (Å²) >= 11 is 0. The zero-order valence-corrected chi connectivity index (χ0v) is 9.73. The lowest BCUT2D eigenvalue weighted by atomic mass is 10.3. The third kappa shape index (κ3) is 2.68. The maximum Gasteiger partial charge on any atom is 0.322 e. The molecule has 0 aromatic heterocycles. The number of methoxy groups -OCH3 is 3. The number of ether oxygens (including phenoxy) is 3. The smallest absolute Gasteiger partial charge is 0.322 e. The third-order valence-corrected chi connectivity index (χ3v) is 2.94. The Balaban J connectivity index is 2.56. The SMILES string of the molecule is COC(=O)[C@H](C)N1C[C@@H](OC)[C@H](OC)C1. The van der Waals surface area contributed by atoms with Crippen LogP contribution in [0.2, 0.25) is 0 Å². The van der Waals surface area contributed by atoms with Gasteiger partial charge in [-0.3, -0.25) is 9.69 Å². The number of esters is 1. The van der Waals surface area contributed by atoms with E-state index < -0.39 is 0 Å². The largest absolute Gasteiger partial charge is 0.468 e. The molecule has 15 heavy (non-hydrogen) atoms. The monoisotopic (exact) mass is 217 g/mol. The summed E-state index contributed by atoms with van der Waals surface area (Å²) in [5.74, 6) is -0.221. The van der Waals surface area contributed by atoms with E-state index in [-0.39, 0.29) is 24.2 Å². The van der Waals surface area contributed by atoms with Crippen LogP contribution in [-0.4, -0.2) is 63.5 Å². The van der Waals surface area contributed by atoms with Crippen LogP contribution in [0, 0.1) is 0 Å². The molecule has 1 heterocycles. The van der Waals surface area contributed by atoms with E-state index in [4.69, 9.17) is 14.2 Å². The van der Waals surface area contributed by atoms with Gasteiger partial charge in [0, 0.05) is 27.3 Å². The van der Waals surface area contributed by atoms with Crippen molar-refractivity contribution in [3.05, 3.63) is 0 Å². The van der Waals surface area contributed by atoms with Crippen LogP contribution in [0.15, 0.2) is 0 Å². The lowest BCUT2D eigenvalue weighted by Crippen LogP contribution is -2.38. The van der Waals surface area contributed by atoms with Gasteiger partial charge in [-0.05, 0) is 6.92 Å².